The minimum absolute atomic E-state index is 0.245. The van der Waals surface area contributed by atoms with E-state index in [9.17, 15) is 9.90 Å². The number of nitrogens with one attached hydrogen (secondary N) is 1. The van der Waals surface area contributed by atoms with E-state index in [-0.39, 0.29) is 22.5 Å². The van der Waals surface area contributed by atoms with Gasteiger partial charge in [-0.25, -0.2) is 4.98 Å². The maximum absolute atomic E-state index is 12.7. The Morgan fingerprint density at radius 1 is 1.04 bits per heavy atom. The van der Waals surface area contributed by atoms with E-state index in [2.05, 4.69) is 26.2 Å². The molecule has 0 atom stereocenters. The molecule has 2 N–H and O–H groups in total. The van der Waals surface area contributed by atoms with Gasteiger partial charge in [0.2, 0.25) is 0 Å². The molecule has 1 heterocycles. The molecule has 1 aromatic carbocycles. The maximum atomic E-state index is 12.7. The first-order valence-electron chi connectivity index (χ1n) is 8.20. The maximum Gasteiger partial charge on any atom is 0.256 e. The van der Waals surface area contributed by atoms with Crippen molar-refractivity contribution in [1.29, 1.82) is 0 Å². The van der Waals surface area contributed by atoms with Crippen LogP contribution in [0.1, 0.15) is 63.0 Å². The highest BCUT2D eigenvalue weighted by Crippen LogP contribution is 2.39. The van der Waals surface area contributed by atoms with Gasteiger partial charge in [-0.3, -0.25) is 4.79 Å². The van der Waals surface area contributed by atoms with Gasteiger partial charge < -0.3 is 10.4 Å². The van der Waals surface area contributed by atoms with Gasteiger partial charge in [0.25, 0.3) is 5.91 Å². The number of hydrogen-bond donors (Lipinski definition) is 2. The van der Waals surface area contributed by atoms with Crippen molar-refractivity contribution in [2.75, 3.05) is 5.32 Å². The number of aromatic hydroxyl groups is 1. The van der Waals surface area contributed by atoms with Crippen LogP contribution in [-0.2, 0) is 10.8 Å². The number of hydrogen-bond acceptors (Lipinski definition) is 3. The molecule has 0 spiro atoms. The highest BCUT2D eigenvalue weighted by molar-refractivity contribution is 9.10. The van der Waals surface area contributed by atoms with Crippen molar-refractivity contribution in [2.45, 2.75) is 52.4 Å². The predicted octanol–water partition coefficient (Wildman–Crippen LogP) is 5.40. The summed E-state index contributed by atoms with van der Waals surface area (Å²) in [5, 5.41) is 13.5. The van der Waals surface area contributed by atoms with E-state index in [4.69, 9.17) is 0 Å². The van der Waals surface area contributed by atoms with Gasteiger partial charge in [0, 0.05) is 27.4 Å². The molecule has 0 saturated heterocycles. The number of aromatic nitrogens is 1. The average Bonchev–Trinajstić information content (AvgIpc) is 2.47. The molecule has 0 fully saturated rings. The largest absolute Gasteiger partial charge is 0.507 e. The van der Waals surface area contributed by atoms with Crippen molar-refractivity contribution in [3.8, 4) is 5.75 Å². The van der Waals surface area contributed by atoms with Crippen molar-refractivity contribution in [1.82, 2.24) is 4.98 Å². The fraction of sp³-hybridized carbons (Fsp3) is 0.400. The van der Waals surface area contributed by atoms with E-state index in [1.165, 1.54) is 0 Å². The highest BCUT2D eigenvalue weighted by atomic mass is 79.9. The molecule has 2 rings (SSSR count). The fourth-order valence-corrected chi connectivity index (χ4v) is 2.78. The van der Waals surface area contributed by atoms with Crippen LogP contribution in [0.5, 0.6) is 5.75 Å². The second-order valence-corrected chi connectivity index (χ2v) is 9.15. The van der Waals surface area contributed by atoms with E-state index in [0.717, 1.165) is 15.6 Å². The summed E-state index contributed by atoms with van der Waals surface area (Å²) >= 11 is 3.32. The molecule has 0 aliphatic heterocycles. The second-order valence-electron chi connectivity index (χ2n) is 8.24. The molecule has 0 unspecified atom stereocenters. The zero-order chi connectivity index (χ0) is 19.0. The number of phenols is 1. The Morgan fingerprint density at radius 2 is 1.56 bits per heavy atom. The summed E-state index contributed by atoms with van der Waals surface area (Å²) in [5.74, 6) is 0.500. The topological polar surface area (TPSA) is 62.2 Å². The molecule has 5 heteroatoms. The van der Waals surface area contributed by atoms with Crippen LogP contribution < -0.4 is 5.32 Å². The van der Waals surface area contributed by atoms with Crippen molar-refractivity contribution in [2.24, 2.45) is 0 Å². The molecule has 0 aliphatic carbocycles. The summed E-state index contributed by atoms with van der Waals surface area (Å²) in [4.78, 5) is 16.9. The summed E-state index contributed by atoms with van der Waals surface area (Å²) < 4.78 is 0.847. The highest BCUT2D eigenvalue weighted by Gasteiger charge is 2.27. The van der Waals surface area contributed by atoms with Crippen LogP contribution >= 0.6 is 15.9 Å². The van der Waals surface area contributed by atoms with Gasteiger partial charge >= 0.3 is 0 Å². The molecule has 0 radical (unpaired) electrons. The van der Waals surface area contributed by atoms with Gasteiger partial charge in [0.1, 0.15) is 11.6 Å². The Balaban J connectivity index is 2.49. The lowest BCUT2D eigenvalue weighted by molar-refractivity contribution is 0.102. The Morgan fingerprint density at radius 3 is 1.96 bits per heavy atom. The monoisotopic (exact) mass is 404 g/mol. The summed E-state index contributed by atoms with van der Waals surface area (Å²) in [6.07, 6.45) is 1.63. The summed E-state index contributed by atoms with van der Waals surface area (Å²) in [7, 11) is 0. The summed E-state index contributed by atoms with van der Waals surface area (Å²) in [5.41, 5.74) is 1.46. The SMILES string of the molecule is CC(C)(C)c1cc(C(=O)Nc2ccc(Br)cn2)cc(C(C)(C)C)c1O. The molecule has 25 heavy (non-hydrogen) atoms. The summed E-state index contributed by atoms with van der Waals surface area (Å²) in [6.45, 7) is 12.1. The normalized spacial score (nSPS) is 12.1. The molecular weight excluding hydrogens is 380 g/mol. The molecule has 134 valence electrons. The smallest absolute Gasteiger partial charge is 0.256 e. The van der Waals surface area contributed by atoms with Gasteiger partial charge in [-0.05, 0) is 51.0 Å². The Hall–Kier alpha value is -1.88. The molecular formula is C20H25BrN2O2. The minimum Gasteiger partial charge on any atom is -0.507 e. The third-order valence-electron chi connectivity index (χ3n) is 3.96. The van der Waals surface area contributed by atoms with Crippen LogP contribution in [0.3, 0.4) is 0 Å². The van der Waals surface area contributed by atoms with Crippen LogP contribution in [0.25, 0.3) is 0 Å². The number of nitrogens with zero attached hydrogens (tertiary/aromatic N) is 1. The third-order valence-corrected chi connectivity index (χ3v) is 4.43. The third kappa shape index (κ3) is 4.60. The Kier molecular flexibility index (Phi) is 5.28. The van der Waals surface area contributed by atoms with Gasteiger partial charge in [-0.1, -0.05) is 41.5 Å². The van der Waals surface area contributed by atoms with Gasteiger partial charge in [-0.2, -0.15) is 0 Å². The van der Waals surface area contributed by atoms with Crippen LogP contribution in [0.15, 0.2) is 34.9 Å². The van der Waals surface area contributed by atoms with Crippen molar-refractivity contribution in [3.05, 3.63) is 51.6 Å². The van der Waals surface area contributed by atoms with Crippen LogP contribution in [0, 0.1) is 0 Å². The van der Waals surface area contributed by atoms with Gasteiger partial charge in [0.05, 0.1) is 0 Å². The van der Waals surface area contributed by atoms with E-state index < -0.39 is 0 Å². The van der Waals surface area contributed by atoms with Gasteiger partial charge in [-0.15, -0.1) is 0 Å². The number of phenolic OH excluding ortho intramolecular Hbond substituents is 1. The quantitative estimate of drug-likeness (QED) is 0.704. The lowest BCUT2D eigenvalue weighted by Crippen LogP contribution is -2.21. The lowest BCUT2D eigenvalue weighted by Gasteiger charge is -2.28. The molecule has 1 aromatic heterocycles. The van der Waals surface area contributed by atoms with Crippen LogP contribution in [0.2, 0.25) is 0 Å². The van der Waals surface area contributed by atoms with E-state index >= 15 is 0 Å². The number of rotatable bonds is 2. The van der Waals surface area contributed by atoms with E-state index in [1.54, 1.807) is 24.4 Å². The molecule has 0 bridgehead atoms. The number of benzene rings is 1. The predicted molar refractivity (Wildman–Crippen MR) is 105 cm³/mol. The number of carbonyl (C=O) groups is 1. The van der Waals surface area contributed by atoms with E-state index in [0.29, 0.717) is 11.4 Å². The first-order valence-corrected chi connectivity index (χ1v) is 9.00. The van der Waals surface area contributed by atoms with Crippen molar-refractivity contribution >= 4 is 27.7 Å². The molecule has 1 amide bonds. The van der Waals surface area contributed by atoms with Gasteiger partial charge in [0.15, 0.2) is 0 Å². The van der Waals surface area contributed by atoms with Crippen LogP contribution in [-0.4, -0.2) is 16.0 Å². The molecule has 0 aliphatic rings. The molecule has 4 nitrogen and oxygen atoms in total. The number of pyridine rings is 1. The first kappa shape index (κ1) is 19.4. The number of amides is 1. The first-order chi connectivity index (χ1) is 11.4. The molecule has 2 aromatic rings. The number of halogens is 1. The average molecular weight is 405 g/mol. The van der Waals surface area contributed by atoms with E-state index in [1.807, 2.05) is 47.6 Å². The minimum atomic E-state index is -0.282. The molecule has 0 saturated carbocycles. The standard InChI is InChI=1S/C20H25BrN2O2/c1-19(2,3)14-9-12(10-15(17(14)24)20(4,5)6)18(25)23-16-8-7-13(21)11-22-16/h7-11,24H,1-6H3,(H,22,23,25). The van der Waals surface area contributed by atoms with Crippen molar-refractivity contribution < 1.29 is 9.90 Å². The Labute approximate surface area is 157 Å². The Bertz CT molecular complexity index is 750. The second kappa shape index (κ2) is 6.79. The number of anilines is 1. The zero-order valence-corrected chi connectivity index (χ0v) is 17.2. The summed E-state index contributed by atoms with van der Waals surface area (Å²) in [6, 6.07) is 7.08. The number of carbonyl (C=O) groups excluding carboxylic acids is 1. The van der Waals surface area contributed by atoms with Crippen molar-refractivity contribution in [3.63, 3.8) is 0 Å². The zero-order valence-electron chi connectivity index (χ0n) is 15.6. The van der Waals surface area contributed by atoms with Crippen LogP contribution in [0.4, 0.5) is 5.82 Å². The fourth-order valence-electron chi connectivity index (χ4n) is 2.55. The lowest BCUT2D eigenvalue weighted by atomic mass is 9.78.